The molecule has 35 heavy (non-hydrogen) atoms. The molecule has 0 saturated carbocycles. The topological polar surface area (TPSA) is 114 Å². The Labute approximate surface area is 202 Å². The van der Waals surface area contributed by atoms with Gasteiger partial charge in [-0.15, -0.1) is 0 Å². The number of carbonyl (C=O) groups excluding carboxylic acids is 2. The lowest BCUT2D eigenvalue weighted by Gasteiger charge is -2.28. The minimum Gasteiger partial charge on any atom is -0.478 e. The molecule has 1 aliphatic rings. The number of alkyl carbamates (subject to hydrolysis) is 1. The van der Waals surface area contributed by atoms with E-state index in [2.05, 4.69) is 10.6 Å². The first kappa shape index (κ1) is 24.0. The predicted octanol–water partition coefficient (Wildman–Crippen LogP) is 4.27. The Morgan fingerprint density at radius 2 is 1.57 bits per heavy atom. The number of nitrogens with one attached hydrogen (secondary N) is 2. The third-order valence-electron chi connectivity index (χ3n) is 6.02. The van der Waals surface area contributed by atoms with Gasteiger partial charge in [-0.05, 0) is 47.4 Å². The number of carboxylic acid groups (broad SMARTS) is 1. The molecular formula is C27H26N2O6. The number of aromatic carboxylic acids is 1. The Morgan fingerprint density at radius 3 is 2.17 bits per heavy atom. The molecule has 0 aromatic heterocycles. The standard InChI is InChI=1S/C27H26N2O6/c1-27(16-34-2,25(32)28-18-9-7-8-17(14-18)24(30)31)29-26(33)35-15-23-21-12-5-3-10-19(21)20-11-4-6-13-22(20)23/h3-14,23H,15-16H2,1-2H3,(H,28,32)(H,29,33)(H,30,31). The molecule has 1 unspecified atom stereocenters. The van der Waals surface area contributed by atoms with Crippen LogP contribution in [0.3, 0.4) is 0 Å². The number of hydrogen-bond donors (Lipinski definition) is 3. The van der Waals surface area contributed by atoms with E-state index < -0.39 is 23.5 Å². The van der Waals surface area contributed by atoms with E-state index in [4.69, 9.17) is 9.47 Å². The maximum Gasteiger partial charge on any atom is 0.408 e. The lowest BCUT2D eigenvalue weighted by atomic mass is 9.98. The van der Waals surface area contributed by atoms with Gasteiger partial charge in [-0.25, -0.2) is 9.59 Å². The maximum atomic E-state index is 13.0. The summed E-state index contributed by atoms with van der Waals surface area (Å²) in [6, 6.07) is 21.8. The fraction of sp³-hybridized carbons (Fsp3) is 0.222. The number of benzene rings is 3. The number of amides is 2. The van der Waals surface area contributed by atoms with Crippen molar-refractivity contribution in [2.24, 2.45) is 0 Å². The monoisotopic (exact) mass is 474 g/mol. The number of carboxylic acids is 1. The van der Waals surface area contributed by atoms with E-state index in [1.165, 1.54) is 32.2 Å². The highest BCUT2D eigenvalue weighted by Crippen LogP contribution is 2.44. The molecule has 180 valence electrons. The molecule has 1 aliphatic carbocycles. The van der Waals surface area contributed by atoms with Gasteiger partial charge in [0.05, 0.1) is 12.2 Å². The van der Waals surface area contributed by atoms with Crippen LogP contribution in [0.4, 0.5) is 10.5 Å². The van der Waals surface area contributed by atoms with Crippen molar-refractivity contribution in [3.63, 3.8) is 0 Å². The fourth-order valence-electron chi connectivity index (χ4n) is 4.31. The van der Waals surface area contributed by atoms with E-state index in [1.54, 1.807) is 6.07 Å². The van der Waals surface area contributed by atoms with Crippen molar-refractivity contribution in [3.05, 3.63) is 89.5 Å². The molecule has 0 fully saturated rings. The molecule has 0 spiro atoms. The average molecular weight is 475 g/mol. The molecule has 3 aromatic rings. The third-order valence-corrected chi connectivity index (χ3v) is 6.02. The highest BCUT2D eigenvalue weighted by atomic mass is 16.5. The van der Waals surface area contributed by atoms with Crippen LogP contribution in [0, 0.1) is 0 Å². The molecule has 8 nitrogen and oxygen atoms in total. The lowest BCUT2D eigenvalue weighted by molar-refractivity contribution is -0.123. The second-order valence-corrected chi connectivity index (χ2v) is 8.56. The molecule has 3 N–H and O–H groups in total. The van der Waals surface area contributed by atoms with Gasteiger partial charge in [0, 0.05) is 18.7 Å². The fourth-order valence-corrected chi connectivity index (χ4v) is 4.31. The summed E-state index contributed by atoms with van der Waals surface area (Å²) in [5.41, 5.74) is 3.24. The summed E-state index contributed by atoms with van der Waals surface area (Å²) in [6.07, 6.45) is -0.763. The number of hydrogen-bond acceptors (Lipinski definition) is 5. The van der Waals surface area contributed by atoms with Crippen LogP contribution in [0.1, 0.15) is 34.3 Å². The van der Waals surface area contributed by atoms with Crippen molar-refractivity contribution in [2.75, 3.05) is 25.6 Å². The number of rotatable bonds is 8. The van der Waals surface area contributed by atoms with Gasteiger partial charge in [-0.2, -0.15) is 0 Å². The Bertz CT molecular complexity index is 1230. The van der Waals surface area contributed by atoms with Crippen molar-refractivity contribution in [2.45, 2.75) is 18.4 Å². The van der Waals surface area contributed by atoms with Crippen LogP contribution in [-0.2, 0) is 14.3 Å². The first-order valence-electron chi connectivity index (χ1n) is 11.1. The minimum absolute atomic E-state index is 0.0285. The highest BCUT2D eigenvalue weighted by molar-refractivity contribution is 6.00. The van der Waals surface area contributed by atoms with E-state index in [0.29, 0.717) is 0 Å². The predicted molar refractivity (Wildman–Crippen MR) is 131 cm³/mol. The molecule has 2 amide bonds. The van der Waals surface area contributed by atoms with Crippen LogP contribution in [0.15, 0.2) is 72.8 Å². The molecule has 0 saturated heterocycles. The van der Waals surface area contributed by atoms with Gasteiger partial charge < -0.3 is 25.2 Å². The minimum atomic E-state index is -1.46. The maximum absolute atomic E-state index is 13.0. The van der Waals surface area contributed by atoms with Crippen LogP contribution >= 0.6 is 0 Å². The van der Waals surface area contributed by atoms with E-state index in [9.17, 15) is 19.5 Å². The number of carbonyl (C=O) groups is 3. The quantitative estimate of drug-likeness (QED) is 0.449. The number of fused-ring (bicyclic) bond motifs is 3. The van der Waals surface area contributed by atoms with Crippen molar-refractivity contribution < 1.29 is 29.0 Å². The molecule has 0 heterocycles. The summed E-state index contributed by atoms with van der Waals surface area (Å²) in [7, 11) is 1.41. The van der Waals surface area contributed by atoms with E-state index in [1.807, 2.05) is 48.5 Å². The SMILES string of the molecule is COCC(C)(NC(=O)OCC1c2ccccc2-c2ccccc21)C(=O)Nc1cccc(C(=O)O)c1. The van der Waals surface area contributed by atoms with Gasteiger partial charge >= 0.3 is 12.1 Å². The van der Waals surface area contributed by atoms with Gasteiger partial charge in [-0.3, -0.25) is 4.79 Å². The lowest BCUT2D eigenvalue weighted by Crippen LogP contribution is -2.57. The van der Waals surface area contributed by atoms with Crippen LogP contribution in [0.25, 0.3) is 11.1 Å². The summed E-state index contributed by atoms with van der Waals surface area (Å²) >= 11 is 0. The van der Waals surface area contributed by atoms with Crippen molar-refractivity contribution in [1.82, 2.24) is 5.32 Å². The molecule has 0 aliphatic heterocycles. The number of ether oxygens (including phenoxy) is 2. The zero-order valence-electron chi connectivity index (χ0n) is 19.4. The smallest absolute Gasteiger partial charge is 0.408 e. The second-order valence-electron chi connectivity index (χ2n) is 8.56. The second kappa shape index (κ2) is 9.99. The van der Waals surface area contributed by atoms with Crippen LogP contribution in [0.2, 0.25) is 0 Å². The van der Waals surface area contributed by atoms with Crippen LogP contribution in [0.5, 0.6) is 0 Å². The Balaban J connectivity index is 1.45. The number of methoxy groups -OCH3 is 1. The summed E-state index contributed by atoms with van der Waals surface area (Å²) in [6.45, 7) is 1.49. The summed E-state index contributed by atoms with van der Waals surface area (Å²) in [5.74, 6) is -1.80. The van der Waals surface area contributed by atoms with Gasteiger partial charge in [0.25, 0.3) is 5.91 Å². The first-order chi connectivity index (χ1) is 16.8. The zero-order chi connectivity index (χ0) is 25.0. The summed E-state index contributed by atoms with van der Waals surface area (Å²) in [5, 5.41) is 14.4. The summed E-state index contributed by atoms with van der Waals surface area (Å²) in [4.78, 5) is 37.0. The molecule has 4 rings (SSSR count). The van der Waals surface area contributed by atoms with Crippen molar-refractivity contribution in [1.29, 1.82) is 0 Å². The van der Waals surface area contributed by atoms with Gasteiger partial charge in [-0.1, -0.05) is 54.6 Å². The molecule has 0 bridgehead atoms. The Hall–Kier alpha value is -4.17. The van der Waals surface area contributed by atoms with E-state index in [-0.39, 0.29) is 30.4 Å². The van der Waals surface area contributed by atoms with E-state index >= 15 is 0 Å². The van der Waals surface area contributed by atoms with Gasteiger partial charge in [0.2, 0.25) is 0 Å². The molecule has 1 atom stereocenters. The molecular weight excluding hydrogens is 448 g/mol. The highest BCUT2D eigenvalue weighted by Gasteiger charge is 2.37. The molecule has 8 heteroatoms. The summed E-state index contributed by atoms with van der Waals surface area (Å²) < 4.78 is 10.7. The van der Waals surface area contributed by atoms with Crippen molar-refractivity contribution >= 4 is 23.7 Å². The van der Waals surface area contributed by atoms with Gasteiger partial charge in [0.1, 0.15) is 12.1 Å². The van der Waals surface area contributed by atoms with E-state index in [0.717, 1.165) is 22.3 Å². The average Bonchev–Trinajstić information content (AvgIpc) is 3.16. The number of anilines is 1. The van der Waals surface area contributed by atoms with Gasteiger partial charge in [0.15, 0.2) is 0 Å². The third kappa shape index (κ3) is 5.02. The Morgan fingerprint density at radius 1 is 0.943 bits per heavy atom. The largest absolute Gasteiger partial charge is 0.478 e. The van der Waals surface area contributed by atoms with Crippen LogP contribution in [-0.4, -0.2) is 48.9 Å². The normalized spacial score (nSPS) is 13.8. The van der Waals surface area contributed by atoms with Crippen molar-refractivity contribution in [3.8, 4) is 11.1 Å². The molecule has 3 aromatic carbocycles. The first-order valence-corrected chi connectivity index (χ1v) is 11.1. The Kier molecular flexibility index (Phi) is 6.84. The molecule has 0 radical (unpaired) electrons. The van der Waals surface area contributed by atoms with Crippen LogP contribution < -0.4 is 10.6 Å². The zero-order valence-corrected chi connectivity index (χ0v) is 19.4.